The number of benzene rings is 7. The molecule has 0 saturated carbocycles. The van der Waals surface area contributed by atoms with Gasteiger partial charge in [0.2, 0.25) is 0 Å². The topological polar surface area (TPSA) is 28.4 Å². The lowest BCUT2D eigenvalue weighted by molar-refractivity contribution is 0.332. The van der Waals surface area contributed by atoms with Gasteiger partial charge in [0.1, 0.15) is 11.2 Å². The second kappa shape index (κ2) is 15.1. The molecule has 8 aromatic rings. The highest BCUT2D eigenvalue weighted by atomic mass is 16.3. The minimum atomic E-state index is -0.191. The Kier molecular flexibility index (Phi) is 9.66. The number of fused-ring (bicyclic) bond motifs is 12. The molecule has 1 aliphatic heterocycles. The van der Waals surface area contributed by atoms with Crippen LogP contribution in [-0.4, -0.2) is 7.28 Å². The molecule has 0 amide bonds. The fourth-order valence-electron chi connectivity index (χ4n) is 14.8. The van der Waals surface area contributed by atoms with Gasteiger partial charge in [0, 0.05) is 39.1 Å². The summed E-state index contributed by atoms with van der Waals surface area (Å²) in [7, 11) is 0.807. The normalized spacial score (nSPS) is 20.4. The largest absolute Gasteiger partial charge is 0.456 e. The lowest BCUT2D eigenvalue weighted by atomic mass is 9.55. The van der Waals surface area contributed by atoms with Gasteiger partial charge in [0.15, 0.2) is 7.28 Å². The van der Waals surface area contributed by atoms with Gasteiger partial charge in [0.05, 0.1) is 11.1 Å². The van der Waals surface area contributed by atoms with Crippen molar-refractivity contribution in [1.29, 1.82) is 0 Å². The molecular weight excluding hydrogens is 884 g/mol. The first-order valence-electron chi connectivity index (χ1n) is 27.7. The van der Waals surface area contributed by atoms with E-state index in [-0.39, 0.29) is 37.9 Å². The third-order valence-corrected chi connectivity index (χ3v) is 19.9. The zero-order valence-electron chi connectivity index (χ0n) is 46.3. The number of nitrogens with one attached hydrogen (secondary N) is 1. The molecule has 0 bridgehead atoms. The molecule has 1 aromatic heterocycles. The highest BCUT2D eigenvalue weighted by molar-refractivity contribution is 6.74. The van der Waals surface area contributed by atoms with E-state index in [2.05, 4.69) is 222 Å². The van der Waals surface area contributed by atoms with Gasteiger partial charge < -0.3 is 14.6 Å². The zero-order chi connectivity index (χ0) is 51.2. The number of para-hydroxylation sites is 1. The molecule has 0 radical (unpaired) electrons. The first-order chi connectivity index (χ1) is 34.4. The van der Waals surface area contributed by atoms with Crippen LogP contribution in [-0.2, 0) is 37.9 Å². The molecule has 0 unspecified atom stereocenters. The van der Waals surface area contributed by atoms with E-state index in [9.17, 15) is 0 Å². The highest BCUT2D eigenvalue weighted by Crippen LogP contribution is 2.56. The number of hydrogen-bond donors (Lipinski definition) is 1. The Hall–Kier alpha value is -6.00. The SMILES string of the molecule is CC1(C)CCC(C)(C)c2cc(Nc3cc4c(cc3-c3cc5oc6ccccc6c5c5c3Bc3cc6c(cc3N5c3ccc5c(c3)C(C)(C)CCC5(C)C)C(C)(C)CCC6(C)C)C(C)(C)c3ccccc3-4)ccc21. The number of rotatable bonds is 4. The quantitative estimate of drug-likeness (QED) is 0.178. The van der Waals surface area contributed by atoms with Crippen LogP contribution in [0.25, 0.3) is 44.2 Å². The summed E-state index contributed by atoms with van der Waals surface area (Å²) < 4.78 is 7.15. The molecule has 13 rings (SSSR count). The second-order valence-corrected chi connectivity index (χ2v) is 27.8. The molecule has 4 aliphatic carbocycles. The Balaban J connectivity index is 1.13. The van der Waals surface area contributed by atoms with Crippen LogP contribution in [0.4, 0.5) is 28.4 Å². The van der Waals surface area contributed by atoms with Crippen LogP contribution in [0.1, 0.15) is 180 Å². The number of furan rings is 1. The maximum absolute atomic E-state index is 7.15. The lowest BCUT2D eigenvalue weighted by Crippen LogP contribution is -2.44. The summed E-state index contributed by atoms with van der Waals surface area (Å²) in [5.74, 6) is 0. The van der Waals surface area contributed by atoms with Crippen molar-refractivity contribution in [3.8, 4) is 22.3 Å². The minimum Gasteiger partial charge on any atom is -0.456 e. The monoisotopic (exact) mass is 959 g/mol. The Morgan fingerprint density at radius 2 is 1.00 bits per heavy atom. The molecular formula is C69H75BN2O. The van der Waals surface area contributed by atoms with Gasteiger partial charge in [-0.25, -0.2) is 0 Å². The van der Waals surface area contributed by atoms with Crippen molar-refractivity contribution in [2.75, 3.05) is 10.2 Å². The van der Waals surface area contributed by atoms with Gasteiger partial charge >= 0.3 is 0 Å². The van der Waals surface area contributed by atoms with E-state index in [0.29, 0.717) is 0 Å². The zero-order valence-corrected chi connectivity index (χ0v) is 46.3. The molecule has 0 saturated heterocycles. The summed E-state index contributed by atoms with van der Waals surface area (Å²) in [5.41, 5.74) is 27.6. The van der Waals surface area contributed by atoms with Crippen molar-refractivity contribution in [2.45, 2.75) is 173 Å². The van der Waals surface area contributed by atoms with Gasteiger partial charge in [-0.3, -0.25) is 0 Å². The van der Waals surface area contributed by atoms with E-state index in [4.69, 9.17) is 4.42 Å². The van der Waals surface area contributed by atoms with Crippen molar-refractivity contribution in [2.24, 2.45) is 0 Å². The summed E-state index contributed by atoms with van der Waals surface area (Å²) in [6.45, 7) is 34.3. The van der Waals surface area contributed by atoms with Crippen LogP contribution in [0.5, 0.6) is 0 Å². The van der Waals surface area contributed by atoms with Crippen molar-refractivity contribution >= 4 is 68.6 Å². The van der Waals surface area contributed by atoms with E-state index in [1.165, 1.54) is 132 Å². The Labute approximate surface area is 436 Å². The average Bonchev–Trinajstić information content (AvgIpc) is 3.84. The Bertz CT molecular complexity index is 3680. The van der Waals surface area contributed by atoms with Crippen LogP contribution in [0.2, 0.25) is 0 Å². The molecule has 1 N–H and O–H groups in total. The first-order valence-corrected chi connectivity index (χ1v) is 27.7. The van der Waals surface area contributed by atoms with Crippen LogP contribution in [0.15, 0.2) is 120 Å². The molecule has 73 heavy (non-hydrogen) atoms. The molecule has 2 heterocycles. The van der Waals surface area contributed by atoms with E-state index < -0.39 is 0 Å². The predicted molar refractivity (Wildman–Crippen MR) is 313 cm³/mol. The van der Waals surface area contributed by atoms with E-state index >= 15 is 0 Å². The molecule has 4 heteroatoms. The average molecular weight is 959 g/mol. The standard InChI is InChI=1S/C69H75BN2O/c1-63(2)27-29-65(5,6)51-33-40(23-25-48(51)63)71-56-36-44-42-19-15-17-21-47(42)69(13,14)50(44)35-45(56)46-37-59-60(43-20-16-18-22-58(43)73-59)62-61(46)70-55-38-53-54(68(11,12)32-31-67(53,9)10)39-57(55)72(62)41-24-26-49-52(34-41)66(7,8)30-28-64(49,3)4/h15-26,33-39,70-71H,27-32H2,1-14H3. The maximum atomic E-state index is 7.15. The first kappa shape index (κ1) is 46.8. The highest BCUT2D eigenvalue weighted by Gasteiger charge is 2.44. The van der Waals surface area contributed by atoms with Crippen LogP contribution < -0.4 is 21.1 Å². The van der Waals surface area contributed by atoms with Gasteiger partial charge in [-0.15, -0.1) is 0 Å². The van der Waals surface area contributed by atoms with E-state index in [1.807, 2.05) is 0 Å². The van der Waals surface area contributed by atoms with Crippen LogP contribution in [0.3, 0.4) is 0 Å². The Morgan fingerprint density at radius 1 is 0.438 bits per heavy atom. The fraction of sp³-hybridized carbons (Fsp3) is 0.391. The molecule has 0 atom stereocenters. The summed E-state index contributed by atoms with van der Waals surface area (Å²) in [6, 6.07) is 45.4. The maximum Gasteiger partial charge on any atom is 0.198 e. The minimum absolute atomic E-state index is 0.0424. The third-order valence-electron chi connectivity index (χ3n) is 19.9. The predicted octanol–water partition coefficient (Wildman–Crippen LogP) is 17.5. The molecule has 370 valence electrons. The second-order valence-electron chi connectivity index (χ2n) is 27.8. The van der Waals surface area contributed by atoms with E-state index in [1.54, 1.807) is 0 Å². The smallest absolute Gasteiger partial charge is 0.198 e. The third kappa shape index (κ3) is 6.83. The molecule has 0 fully saturated rings. The molecule has 0 spiro atoms. The summed E-state index contributed by atoms with van der Waals surface area (Å²) in [5, 5.41) is 6.54. The number of nitrogens with zero attached hydrogens (tertiary/aromatic N) is 1. The molecule has 5 aliphatic rings. The Morgan fingerprint density at radius 3 is 1.67 bits per heavy atom. The van der Waals surface area contributed by atoms with Gasteiger partial charge in [-0.1, -0.05) is 163 Å². The van der Waals surface area contributed by atoms with Crippen LogP contribution in [0, 0.1) is 0 Å². The van der Waals surface area contributed by atoms with Crippen molar-refractivity contribution in [3.05, 3.63) is 160 Å². The molecule has 3 nitrogen and oxygen atoms in total. The number of anilines is 5. The summed E-state index contributed by atoms with van der Waals surface area (Å²) in [6.07, 6.45) is 7.05. The number of hydrogen-bond acceptors (Lipinski definition) is 3. The summed E-state index contributed by atoms with van der Waals surface area (Å²) >= 11 is 0. The summed E-state index contributed by atoms with van der Waals surface area (Å²) in [4.78, 5) is 2.70. The van der Waals surface area contributed by atoms with Crippen molar-refractivity contribution in [3.63, 3.8) is 0 Å². The van der Waals surface area contributed by atoms with Gasteiger partial charge in [-0.05, 0) is 192 Å². The van der Waals surface area contributed by atoms with Gasteiger partial charge in [-0.2, -0.15) is 0 Å². The molecule has 7 aromatic carbocycles. The van der Waals surface area contributed by atoms with Gasteiger partial charge in [0.25, 0.3) is 0 Å². The van der Waals surface area contributed by atoms with Crippen molar-refractivity contribution in [1.82, 2.24) is 0 Å². The van der Waals surface area contributed by atoms with E-state index in [0.717, 1.165) is 41.6 Å². The van der Waals surface area contributed by atoms with Crippen LogP contribution >= 0.6 is 0 Å². The van der Waals surface area contributed by atoms with Crippen molar-refractivity contribution < 1.29 is 4.42 Å². The fourth-order valence-corrected chi connectivity index (χ4v) is 14.8. The lowest BCUT2D eigenvalue weighted by Gasteiger charge is -2.45.